The number of carbonyl (C=O) groups is 1. The van der Waals surface area contributed by atoms with Crippen molar-refractivity contribution >= 4 is 17.8 Å². The quantitative estimate of drug-likeness (QED) is 0.756. The minimum absolute atomic E-state index is 0.00713. The van der Waals surface area contributed by atoms with Crippen molar-refractivity contribution in [2.75, 3.05) is 32.2 Å². The number of thioether (sulfide) groups is 1. The van der Waals surface area contributed by atoms with Gasteiger partial charge in [0.2, 0.25) is 0 Å². The lowest BCUT2D eigenvalue weighted by molar-refractivity contribution is -0.0687. The van der Waals surface area contributed by atoms with E-state index in [1.54, 1.807) is 19.0 Å². The lowest BCUT2D eigenvalue weighted by atomic mass is 9.90. The van der Waals surface area contributed by atoms with Crippen molar-refractivity contribution in [3.63, 3.8) is 0 Å². The standard InChI is InChI=1S/C11H20N2O2S/c1-13(2)10(14)12-9-3-5-15-11(7-9)4-6-16-8-11/h9H,3-8H2,1-2H3,(H,12,14). The Labute approximate surface area is 101 Å². The van der Waals surface area contributed by atoms with Gasteiger partial charge in [0.1, 0.15) is 0 Å². The summed E-state index contributed by atoms with van der Waals surface area (Å²) in [5, 5.41) is 3.07. The molecule has 2 saturated heterocycles. The fourth-order valence-corrected chi connectivity index (χ4v) is 3.70. The number of amides is 2. The number of nitrogens with one attached hydrogen (secondary N) is 1. The Bertz CT molecular complexity index is 265. The van der Waals surface area contributed by atoms with E-state index < -0.39 is 0 Å². The Balaban J connectivity index is 1.89. The summed E-state index contributed by atoms with van der Waals surface area (Å²) in [6, 6.07) is 0.287. The van der Waals surface area contributed by atoms with E-state index >= 15 is 0 Å². The van der Waals surface area contributed by atoms with Crippen molar-refractivity contribution < 1.29 is 9.53 Å². The Morgan fingerprint density at radius 3 is 3.00 bits per heavy atom. The highest BCUT2D eigenvalue weighted by molar-refractivity contribution is 7.99. The molecule has 2 unspecified atom stereocenters. The summed E-state index contributed by atoms with van der Waals surface area (Å²) in [4.78, 5) is 13.2. The smallest absolute Gasteiger partial charge is 0.317 e. The van der Waals surface area contributed by atoms with Gasteiger partial charge in [0.25, 0.3) is 0 Å². The summed E-state index contributed by atoms with van der Waals surface area (Å²) in [5.74, 6) is 2.27. The van der Waals surface area contributed by atoms with Gasteiger partial charge in [0, 0.05) is 32.5 Å². The number of ether oxygens (including phenoxy) is 1. The van der Waals surface area contributed by atoms with Gasteiger partial charge >= 0.3 is 6.03 Å². The zero-order valence-electron chi connectivity index (χ0n) is 9.99. The second-order valence-electron chi connectivity index (χ2n) is 4.87. The maximum Gasteiger partial charge on any atom is 0.317 e. The first-order valence-corrected chi connectivity index (χ1v) is 6.96. The van der Waals surface area contributed by atoms with Crippen molar-refractivity contribution in [3.05, 3.63) is 0 Å². The maximum atomic E-state index is 11.6. The van der Waals surface area contributed by atoms with Gasteiger partial charge in [0.05, 0.1) is 5.60 Å². The summed E-state index contributed by atoms with van der Waals surface area (Å²) in [6.45, 7) is 0.777. The summed E-state index contributed by atoms with van der Waals surface area (Å²) >= 11 is 1.96. The fourth-order valence-electron chi connectivity index (χ4n) is 2.32. The van der Waals surface area contributed by atoms with E-state index in [9.17, 15) is 4.79 Å². The lowest BCUT2D eigenvalue weighted by Gasteiger charge is -2.38. The number of rotatable bonds is 1. The van der Waals surface area contributed by atoms with Crippen LogP contribution < -0.4 is 5.32 Å². The van der Waals surface area contributed by atoms with Crippen LogP contribution in [0, 0.1) is 0 Å². The predicted octanol–water partition coefficient (Wildman–Crippen LogP) is 1.31. The molecule has 0 aromatic carbocycles. The van der Waals surface area contributed by atoms with Gasteiger partial charge in [-0.2, -0.15) is 11.8 Å². The van der Waals surface area contributed by atoms with E-state index in [1.165, 1.54) is 5.75 Å². The summed E-state index contributed by atoms with van der Waals surface area (Å²) in [7, 11) is 3.55. The molecular weight excluding hydrogens is 224 g/mol. The molecule has 0 aromatic heterocycles. The van der Waals surface area contributed by atoms with Gasteiger partial charge in [0.15, 0.2) is 0 Å². The molecule has 0 aromatic rings. The normalized spacial score (nSPS) is 34.0. The highest BCUT2D eigenvalue weighted by atomic mass is 32.2. The van der Waals surface area contributed by atoms with Crippen molar-refractivity contribution in [3.8, 4) is 0 Å². The number of hydrogen-bond donors (Lipinski definition) is 1. The molecule has 2 aliphatic rings. The van der Waals surface area contributed by atoms with Crippen molar-refractivity contribution in [2.24, 2.45) is 0 Å². The molecule has 2 amide bonds. The molecule has 0 aliphatic carbocycles. The largest absolute Gasteiger partial charge is 0.374 e. The molecular formula is C11H20N2O2S. The minimum atomic E-state index is 0.00713. The van der Waals surface area contributed by atoms with Crippen LogP contribution in [0.3, 0.4) is 0 Å². The Kier molecular flexibility index (Phi) is 3.64. The molecule has 92 valence electrons. The van der Waals surface area contributed by atoms with Crippen molar-refractivity contribution in [1.82, 2.24) is 10.2 Å². The SMILES string of the molecule is CN(C)C(=O)NC1CCOC2(CCSC2)C1. The van der Waals surface area contributed by atoms with Crippen molar-refractivity contribution in [2.45, 2.75) is 30.9 Å². The number of hydrogen-bond acceptors (Lipinski definition) is 3. The molecule has 16 heavy (non-hydrogen) atoms. The van der Waals surface area contributed by atoms with Crippen LogP contribution in [0.4, 0.5) is 4.79 Å². The first kappa shape index (κ1) is 12.0. The van der Waals surface area contributed by atoms with E-state index in [0.717, 1.165) is 31.6 Å². The molecule has 0 radical (unpaired) electrons. The molecule has 1 spiro atoms. The first-order chi connectivity index (χ1) is 7.61. The molecule has 2 heterocycles. The topological polar surface area (TPSA) is 41.6 Å². The average molecular weight is 244 g/mol. The van der Waals surface area contributed by atoms with Gasteiger partial charge in [-0.15, -0.1) is 0 Å². The molecule has 0 saturated carbocycles. The van der Waals surface area contributed by atoms with E-state index in [0.29, 0.717) is 0 Å². The molecule has 5 heteroatoms. The van der Waals surface area contributed by atoms with Crippen LogP contribution in [0.25, 0.3) is 0 Å². The molecule has 4 nitrogen and oxygen atoms in total. The Morgan fingerprint density at radius 1 is 1.56 bits per heavy atom. The van der Waals surface area contributed by atoms with Gasteiger partial charge in [-0.05, 0) is 25.0 Å². The molecule has 2 fully saturated rings. The Hall–Kier alpha value is -0.420. The number of urea groups is 1. The van der Waals surface area contributed by atoms with E-state index in [2.05, 4.69) is 5.32 Å². The minimum Gasteiger partial charge on any atom is -0.374 e. The number of nitrogens with zero attached hydrogens (tertiary/aromatic N) is 1. The van der Waals surface area contributed by atoms with Crippen LogP contribution in [0.1, 0.15) is 19.3 Å². The highest BCUT2D eigenvalue weighted by Crippen LogP contribution is 2.38. The van der Waals surface area contributed by atoms with Crippen LogP contribution in [0.5, 0.6) is 0 Å². The summed E-state index contributed by atoms with van der Waals surface area (Å²) < 4.78 is 5.91. The predicted molar refractivity (Wildman–Crippen MR) is 65.9 cm³/mol. The lowest BCUT2D eigenvalue weighted by Crippen LogP contribution is -2.50. The van der Waals surface area contributed by atoms with Gasteiger partial charge in [-0.3, -0.25) is 0 Å². The van der Waals surface area contributed by atoms with Gasteiger partial charge in [-0.25, -0.2) is 4.79 Å². The monoisotopic (exact) mass is 244 g/mol. The van der Waals surface area contributed by atoms with Crippen LogP contribution in [-0.2, 0) is 4.74 Å². The second-order valence-corrected chi connectivity index (χ2v) is 5.97. The second kappa shape index (κ2) is 4.84. The van der Waals surface area contributed by atoms with Crippen LogP contribution in [0.15, 0.2) is 0 Å². The third-order valence-corrected chi connectivity index (χ3v) is 4.52. The van der Waals surface area contributed by atoms with E-state index in [1.807, 2.05) is 11.8 Å². The third kappa shape index (κ3) is 2.63. The third-order valence-electron chi connectivity index (χ3n) is 3.29. The van der Waals surface area contributed by atoms with Crippen LogP contribution >= 0.6 is 11.8 Å². The molecule has 2 aliphatic heterocycles. The Morgan fingerprint density at radius 2 is 2.38 bits per heavy atom. The molecule has 2 atom stereocenters. The molecule has 2 rings (SSSR count). The van der Waals surface area contributed by atoms with Crippen LogP contribution in [-0.4, -0.2) is 54.8 Å². The number of carbonyl (C=O) groups excluding carboxylic acids is 1. The summed E-state index contributed by atoms with van der Waals surface area (Å²) in [5.41, 5.74) is 0.0488. The van der Waals surface area contributed by atoms with Crippen molar-refractivity contribution in [1.29, 1.82) is 0 Å². The zero-order valence-corrected chi connectivity index (χ0v) is 10.8. The van der Waals surface area contributed by atoms with E-state index in [4.69, 9.17) is 4.74 Å². The summed E-state index contributed by atoms with van der Waals surface area (Å²) in [6.07, 6.45) is 3.04. The van der Waals surface area contributed by atoms with Gasteiger partial charge in [-0.1, -0.05) is 0 Å². The maximum absolute atomic E-state index is 11.6. The molecule has 0 bridgehead atoms. The molecule has 1 N–H and O–H groups in total. The zero-order chi connectivity index (χ0) is 11.6. The fraction of sp³-hybridized carbons (Fsp3) is 0.909. The van der Waals surface area contributed by atoms with Crippen LogP contribution in [0.2, 0.25) is 0 Å². The first-order valence-electron chi connectivity index (χ1n) is 5.81. The van der Waals surface area contributed by atoms with Gasteiger partial charge < -0.3 is 15.0 Å². The van der Waals surface area contributed by atoms with E-state index in [-0.39, 0.29) is 17.7 Å². The highest BCUT2D eigenvalue weighted by Gasteiger charge is 2.40. The average Bonchev–Trinajstić information content (AvgIpc) is 2.66.